The number of aromatic nitrogens is 2. The molecule has 1 N–H and O–H groups in total. The molecule has 13 heavy (non-hydrogen) atoms. The molecule has 0 aliphatic carbocycles. The molecule has 0 atom stereocenters. The van der Waals surface area contributed by atoms with Crippen molar-refractivity contribution in [2.24, 2.45) is 0 Å². The van der Waals surface area contributed by atoms with E-state index in [9.17, 15) is 4.79 Å². The van der Waals surface area contributed by atoms with E-state index in [-0.39, 0.29) is 5.69 Å². The maximum absolute atomic E-state index is 11.1. The summed E-state index contributed by atoms with van der Waals surface area (Å²) < 4.78 is 4.54. The van der Waals surface area contributed by atoms with Gasteiger partial charge in [0.25, 0.3) is 0 Å². The lowest BCUT2D eigenvalue weighted by atomic mass is 10.3. The van der Waals surface area contributed by atoms with Crippen molar-refractivity contribution in [2.45, 2.75) is 6.92 Å². The fourth-order valence-electron chi connectivity index (χ4n) is 0.927. The van der Waals surface area contributed by atoms with E-state index < -0.39 is 5.97 Å². The average Bonchev–Trinajstić information content (AvgIpc) is 2.16. The van der Waals surface area contributed by atoms with Crippen LogP contribution in [-0.2, 0) is 4.74 Å². The Morgan fingerprint density at radius 1 is 1.54 bits per heavy atom. The standard InChI is InChI=1S/C8H11N3O2/c1-5-4-6(9-2)7(11-10-5)8(12)13-3/h4H,1-3H3,(H,9,10). The van der Waals surface area contributed by atoms with E-state index in [1.807, 2.05) is 0 Å². The average molecular weight is 181 g/mol. The first-order valence-corrected chi connectivity index (χ1v) is 3.79. The van der Waals surface area contributed by atoms with Crippen LogP contribution in [0.4, 0.5) is 5.69 Å². The second kappa shape index (κ2) is 3.84. The van der Waals surface area contributed by atoms with E-state index in [1.165, 1.54) is 7.11 Å². The summed E-state index contributed by atoms with van der Waals surface area (Å²) in [5.74, 6) is -0.489. The van der Waals surface area contributed by atoms with Gasteiger partial charge in [-0.25, -0.2) is 4.79 Å². The highest BCUT2D eigenvalue weighted by molar-refractivity contribution is 5.93. The van der Waals surface area contributed by atoms with Gasteiger partial charge in [-0.2, -0.15) is 5.10 Å². The summed E-state index contributed by atoms with van der Waals surface area (Å²) in [4.78, 5) is 11.1. The van der Waals surface area contributed by atoms with E-state index in [0.29, 0.717) is 5.69 Å². The minimum atomic E-state index is -0.489. The fourth-order valence-corrected chi connectivity index (χ4v) is 0.927. The predicted molar refractivity (Wildman–Crippen MR) is 47.7 cm³/mol. The predicted octanol–water partition coefficient (Wildman–Crippen LogP) is 0.613. The van der Waals surface area contributed by atoms with Gasteiger partial charge in [0.15, 0.2) is 5.69 Å². The van der Waals surface area contributed by atoms with Crippen LogP contribution in [0.5, 0.6) is 0 Å². The van der Waals surface area contributed by atoms with Gasteiger partial charge < -0.3 is 10.1 Å². The third-order valence-corrected chi connectivity index (χ3v) is 1.56. The molecule has 0 aliphatic heterocycles. The van der Waals surface area contributed by atoms with Crippen molar-refractivity contribution in [3.8, 4) is 0 Å². The van der Waals surface area contributed by atoms with Crippen molar-refractivity contribution in [1.82, 2.24) is 10.2 Å². The first-order chi connectivity index (χ1) is 6.19. The molecule has 70 valence electrons. The van der Waals surface area contributed by atoms with Crippen LogP contribution < -0.4 is 5.32 Å². The van der Waals surface area contributed by atoms with Gasteiger partial charge in [0.1, 0.15) is 0 Å². The van der Waals surface area contributed by atoms with E-state index in [2.05, 4.69) is 20.3 Å². The summed E-state index contributed by atoms with van der Waals surface area (Å²) in [5.41, 5.74) is 1.58. The maximum Gasteiger partial charge on any atom is 0.360 e. The largest absolute Gasteiger partial charge is 0.464 e. The number of hydrogen-bond acceptors (Lipinski definition) is 5. The minimum Gasteiger partial charge on any atom is -0.464 e. The molecule has 0 bridgehead atoms. The number of nitrogens with one attached hydrogen (secondary N) is 1. The van der Waals surface area contributed by atoms with Gasteiger partial charge in [0.2, 0.25) is 0 Å². The minimum absolute atomic E-state index is 0.204. The molecule has 1 aromatic heterocycles. The number of hydrogen-bond donors (Lipinski definition) is 1. The first-order valence-electron chi connectivity index (χ1n) is 3.79. The molecule has 1 rings (SSSR count). The number of carbonyl (C=O) groups is 1. The molecule has 0 unspecified atom stereocenters. The van der Waals surface area contributed by atoms with Crippen LogP contribution >= 0.6 is 0 Å². The summed E-state index contributed by atoms with van der Waals surface area (Å²) in [6.07, 6.45) is 0. The molecule has 1 heterocycles. The monoisotopic (exact) mass is 181 g/mol. The van der Waals surface area contributed by atoms with Crippen LogP contribution in [0.15, 0.2) is 6.07 Å². The molecule has 0 fully saturated rings. The lowest BCUT2D eigenvalue weighted by molar-refractivity contribution is 0.0594. The van der Waals surface area contributed by atoms with Crippen LogP contribution in [0.2, 0.25) is 0 Å². The summed E-state index contributed by atoms with van der Waals surface area (Å²) in [5, 5.41) is 10.3. The zero-order valence-corrected chi connectivity index (χ0v) is 7.79. The van der Waals surface area contributed by atoms with Gasteiger partial charge >= 0.3 is 5.97 Å². The molecule has 0 radical (unpaired) electrons. The van der Waals surface area contributed by atoms with Gasteiger partial charge in [-0.15, -0.1) is 5.10 Å². The molecular weight excluding hydrogens is 170 g/mol. The van der Waals surface area contributed by atoms with Crippen molar-refractivity contribution in [3.63, 3.8) is 0 Å². The summed E-state index contributed by atoms with van der Waals surface area (Å²) in [6, 6.07) is 1.74. The van der Waals surface area contributed by atoms with Crippen molar-refractivity contribution >= 4 is 11.7 Å². The van der Waals surface area contributed by atoms with Crippen LogP contribution in [0.25, 0.3) is 0 Å². The second-order valence-corrected chi connectivity index (χ2v) is 2.49. The molecule has 0 amide bonds. The number of anilines is 1. The number of carbonyl (C=O) groups excluding carboxylic acids is 1. The quantitative estimate of drug-likeness (QED) is 0.677. The molecule has 5 heteroatoms. The number of ether oxygens (including phenoxy) is 1. The number of methoxy groups -OCH3 is 1. The summed E-state index contributed by atoms with van der Waals surface area (Å²) in [6.45, 7) is 1.80. The smallest absolute Gasteiger partial charge is 0.360 e. The van der Waals surface area contributed by atoms with Crippen molar-refractivity contribution < 1.29 is 9.53 Å². The Labute approximate surface area is 76.1 Å². The Morgan fingerprint density at radius 2 is 2.23 bits per heavy atom. The second-order valence-electron chi connectivity index (χ2n) is 2.49. The molecule has 0 spiro atoms. The first kappa shape index (κ1) is 9.44. The maximum atomic E-state index is 11.1. The normalized spacial score (nSPS) is 9.46. The van der Waals surface area contributed by atoms with E-state index in [0.717, 1.165) is 5.69 Å². The molecular formula is C8H11N3O2. The number of aryl methyl sites for hydroxylation is 1. The van der Waals surface area contributed by atoms with Crippen molar-refractivity contribution in [1.29, 1.82) is 0 Å². The van der Waals surface area contributed by atoms with E-state index in [1.54, 1.807) is 20.0 Å². The van der Waals surface area contributed by atoms with Crippen LogP contribution in [0, 0.1) is 6.92 Å². The molecule has 0 aliphatic rings. The van der Waals surface area contributed by atoms with Gasteiger partial charge in [-0.05, 0) is 13.0 Å². The Bertz CT molecular complexity index is 325. The number of esters is 1. The van der Waals surface area contributed by atoms with Crippen LogP contribution in [0.1, 0.15) is 16.2 Å². The fraction of sp³-hybridized carbons (Fsp3) is 0.375. The highest BCUT2D eigenvalue weighted by Gasteiger charge is 2.13. The zero-order chi connectivity index (χ0) is 9.84. The van der Waals surface area contributed by atoms with Crippen molar-refractivity contribution in [3.05, 3.63) is 17.5 Å². The number of nitrogens with zero attached hydrogens (tertiary/aromatic N) is 2. The third-order valence-electron chi connectivity index (χ3n) is 1.56. The Kier molecular flexibility index (Phi) is 2.79. The lowest BCUT2D eigenvalue weighted by Crippen LogP contribution is -2.10. The SMILES string of the molecule is CNc1cc(C)nnc1C(=O)OC. The van der Waals surface area contributed by atoms with Gasteiger partial charge in [0.05, 0.1) is 18.5 Å². The van der Waals surface area contributed by atoms with Crippen LogP contribution in [-0.4, -0.2) is 30.3 Å². The lowest BCUT2D eigenvalue weighted by Gasteiger charge is -2.05. The number of rotatable bonds is 2. The Balaban J connectivity index is 3.13. The Hall–Kier alpha value is -1.65. The molecule has 1 aromatic rings. The van der Waals surface area contributed by atoms with Gasteiger partial charge in [-0.1, -0.05) is 0 Å². The molecule has 0 saturated carbocycles. The van der Waals surface area contributed by atoms with E-state index in [4.69, 9.17) is 0 Å². The molecule has 0 saturated heterocycles. The Morgan fingerprint density at radius 3 is 2.77 bits per heavy atom. The van der Waals surface area contributed by atoms with Crippen LogP contribution in [0.3, 0.4) is 0 Å². The third kappa shape index (κ3) is 1.93. The topological polar surface area (TPSA) is 64.1 Å². The van der Waals surface area contributed by atoms with Gasteiger partial charge in [-0.3, -0.25) is 0 Å². The highest BCUT2D eigenvalue weighted by Crippen LogP contribution is 2.12. The van der Waals surface area contributed by atoms with Gasteiger partial charge in [0, 0.05) is 7.05 Å². The zero-order valence-electron chi connectivity index (χ0n) is 7.79. The summed E-state index contributed by atoms with van der Waals surface area (Å²) in [7, 11) is 3.02. The van der Waals surface area contributed by atoms with E-state index >= 15 is 0 Å². The molecule has 5 nitrogen and oxygen atoms in total. The highest BCUT2D eigenvalue weighted by atomic mass is 16.5. The van der Waals surface area contributed by atoms with Crippen molar-refractivity contribution in [2.75, 3.05) is 19.5 Å². The molecule has 0 aromatic carbocycles. The summed E-state index contributed by atoms with van der Waals surface area (Å²) >= 11 is 0.